The van der Waals surface area contributed by atoms with Crippen LogP contribution in [0.15, 0.2) is 36.8 Å². The van der Waals surface area contributed by atoms with Crippen molar-refractivity contribution < 1.29 is 0 Å². The van der Waals surface area contributed by atoms with E-state index >= 15 is 0 Å². The maximum Gasteiger partial charge on any atom is 0.0802 e. The van der Waals surface area contributed by atoms with E-state index in [4.69, 9.17) is 23.2 Å². The van der Waals surface area contributed by atoms with Crippen molar-refractivity contribution in [2.45, 2.75) is 19.4 Å². The second-order valence-electron chi connectivity index (χ2n) is 4.16. The second kappa shape index (κ2) is 6.85. The number of nitrogens with zero attached hydrogens (tertiary/aromatic N) is 2. The molecule has 1 heterocycles. The van der Waals surface area contributed by atoms with Crippen molar-refractivity contribution >= 4 is 23.2 Å². The van der Waals surface area contributed by atoms with Gasteiger partial charge in [-0.15, -0.1) is 0 Å². The van der Waals surface area contributed by atoms with Gasteiger partial charge in [-0.05, 0) is 24.6 Å². The van der Waals surface area contributed by atoms with Gasteiger partial charge in [0.25, 0.3) is 0 Å². The smallest absolute Gasteiger partial charge is 0.0802 e. The summed E-state index contributed by atoms with van der Waals surface area (Å²) in [5, 5.41) is 4.53. The van der Waals surface area contributed by atoms with Gasteiger partial charge >= 0.3 is 0 Å². The summed E-state index contributed by atoms with van der Waals surface area (Å²) in [6, 6.07) is 5.53. The molecule has 2 aromatic rings. The van der Waals surface area contributed by atoms with Crippen molar-refractivity contribution in [3.63, 3.8) is 0 Å². The van der Waals surface area contributed by atoms with Crippen LogP contribution in [0.1, 0.15) is 30.6 Å². The molecule has 0 radical (unpaired) electrons. The van der Waals surface area contributed by atoms with E-state index in [1.807, 2.05) is 12.1 Å². The van der Waals surface area contributed by atoms with Gasteiger partial charge in [0.15, 0.2) is 0 Å². The van der Waals surface area contributed by atoms with Crippen LogP contribution in [0.3, 0.4) is 0 Å². The van der Waals surface area contributed by atoms with Gasteiger partial charge < -0.3 is 5.32 Å². The lowest BCUT2D eigenvalue weighted by Crippen LogP contribution is -2.24. The van der Waals surface area contributed by atoms with Gasteiger partial charge in [0.05, 0.1) is 28.0 Å². The average molecular weight is 296 g/mol. The van der Waals surface area contributed by atoms with Crippen LogP contribution in [0, 0.1) is 0 Å². The quantitative estimate of drug-likeness (QED) is 0.910. The predicted molar refractivity (Wildman–Crippen MR) is 78.6 cm³/mol. The number of benzene rings is 1. The largest absolute Gasteiger partial charge is 0.305 e. The Morgan fingerprint density at radius 1 is 1.26 bits per heavy atom. The Morgan fingerprint density at radius 3 is 2.79 bits per heavy atom. The molecule has 5 heteroatoms. The lowest BCUT2D eigenvalue weighted by molar-refractivity contribution is 0.584. The molecule has 0 amide bonds. The molecule has 0 spiro atoms. The number of rotatable bonds is 5. The first-order valence-corrected chi connectivity index (χ1v) is 6.92. The Labute approximate surface area is 123 Å². The Bertz CT molecular complexity index is 531. The number of hydrogen-bond donors (Lipinski definition) is 1. The molecule has 0 aliphatic rings. The van der Waals surface area contributed by atoms with E-state index in [0.717, 1.165) is 24.2 Å². The van der Waals surface area contributed by atoms with Gasteiger partial charge in [-0.1, -0.05) is 42.3 Å². The third kappa shape index (κ3) is 3.44. The zero-order chi connectivity index (χ0) is 13.7. The van der Waals surface area contributed by atoms with E-state index in [1.54, 1.807) is 24.7 Å². The number of nitrogens with one attached hydrogen (secondary N) is 1. The van der Waals surface area contributed by atoms with Gasteiger partial charge in [0.2, 0.25) is 0 Å². The minimum atomic E-state index is -0.0974. The number of halogens is 2. The van der Waals surface area contributed by atoms with E-state index in [0.29, 0.717) is 10.0 Å². The fourth-order valence-corrected chi connectivity index (χ4v) is 2.28. The van der Waals surface area contributed by atoms with Crippen LogP contribution in [0.25, 0.3) is 0 Å². The van der Waals surface area contributed by atoms with Crippen LogP contribution < -0.4 is 5.32 Å². The van der Waals surface area contributed by atoms with Gasteiger partial charge in [0.1, 0.15) is 0 Å². The van der Waals surface area contributed by atoms with Crippen LogP contribution >= 0.6 is 23.2 Å². The molecule has 0 bridgehead atoms. The highest BCUT2D eigenvalue weighted by Crippen LogP contribution is 2.32. The van der Waals surface area contributed by atoms with Crippen molar-refractivity contribution in [1.82, 2.24) is 15.3 Å². The summed E-state index contributed by atoms with van der Waals surface area (Å²) in [4.78, 5) is 8.47. The van der Waals surface area contributed by atoms with E-state index in [-0.39, 0.29) is 6.04 Å². The molecule has 0 aliphatic carbocycles. The summed E-state index contributed by atoms with van der Waals surface area (Å²) in [6.07, 6.45) is 6.09. The molecular formula is C14H15Cl2N3. The molecule has 1 aromatic carbocycles. The van der Waals surface area contributed by atoms with E-state index in [2.05, 4.69) is 22.2 Å². The molecule has 1 unspecified atom stereocenters. The van der Waals surface area contributed by atoms with Crippen LogP contribution in [-0.4, -0.2) is 16.5 Å². The molecule has 0 saturated carbocycles. The molecule has 1 atom stereocenters. The molecule has 1 aromatic heterocycles. The first-order valence-electron chi connectivity index (χ1n) is 6.17. The highest BCUT2D eigenvalue weighted by molar-refractivity contribution is 6.42. The maximum absolute atomic E-state index is 6.30. The predicted octanol–water partition coefficient (Wildman–Crippen LogP) is 3.87. The lowest BCUT2D eigenvalue weighted by atomic mass is 10.0. The van der Waals surface area contributed by atoms with Crippen LogP contribution in [0.5, 0.6) is 0 Å². The normalized spacial score (nSPS) is 12.4. The van der Waals surface area contributed by atoms with Crippen LogP contribution in [0.2, 0.25) is 10.0 Å². The van der Waals surface area contributed by atoms with E-state index < -0.39 is 0 Å². The third-order valence-electron chi connectivity index (χ3n) is 2.77. The minimum absolute atomic E-state index is 0.0974. The van der Waals surface area contributed by atoms with Crippen molar-refractivity contribution in [3.05, 3.63) is 58.1 Å². The fraction of sp³-hybridized carbons (Fsp3) is 0.286. The SMILES string of the molecule is CCCNC(c1cnccn1)c1cccc(Cl)c1Cl. The Kier molecular flexibility index (Phi) is 5.14. The molecule has 100 valence electrons. The van der Waals surface area contributed by atoms with Crippen LogP contribution in [-0.2, 0) is 0 Å². The van der Waals surface area contributed by atoms with Gasteiger partial charge in [-0.2, -0.15) is 0 Å². The summed E-state index contributed by atoms with van der Waals surface area (Å²) >= 11 is 12.4. The second-order valence-corrected chi connectivity index (χ2v) is 4.95. The highest BCUT2D eigenvalue weighted by Gasteiger charge is 2.18. The Hall–Kier alpha value is -1.16. The molecule has 0 saturated heterocycles. The third-order valence-corrected chi connectivity index (χ3v) is 3.60. The summed E-state index contributed by atoms with van der Waals surface area (Å²) < 4.78 is 0. The zero-order valence-electron chi connectivity index (χ0n) is 10.6. The highest BCUT2D eigenvalue weighted by atomic mass is 35.5. The van der Waals surface area contributed by atoms with Crippen molar-refractivity contribution in [2.24, 2.45) is 0 Å². The number of aromatic nitrogens is 2. The molecule has 1 N–H and O–H groups in total. The number of hydrogen-bond acceptors (Lipinski definition) is 3. The lowest BCUT2D eigenvalue weighted by Gasteiger charge is -2.19. The van der Waals surface area contributed by atoms with E-state index in [1.165, 1.54) is 0 Å². The zero-order valence-corrected chi connectivity index (χ0v) is 12.1. The first kappa shape index (κ1) is 14.3. The van der Waals surface area contributed by atoms with Crippen molar-refractivity contribution in [1.29, 1.82) is 0 Å². The topological polar surface area (TPSA) is 37.8 Å². The monoisotopic (exact) mass is 295 g/mol. The molecule has 3 nitrogen and oxygen atoms in total. The average Bonchev–Trinajstić information content (AvgIpc) is 2.45. The fourth-order valence-electron chi connectivity index (χ4n) is 1.87. The summed E-state index contributed by atoms with van der Waals surface area (Å²) in [7, 11) is 0. The van der Waals surface area contributed by atoms with Crippen LogP contribution in [0.4, 0.5) is 0 Å². The van der Waals surface area contributed by atoms with Gasteiger partial charge in [0, 0.05) is 12.4 Å². The first-order chi connectivity index (χ1) is 9.24. The van der Waals surface area contributed by atoms with Gasteiger partial charge in [-0.25, -0.2) is 0 Å². The Balaban J connectivity index is 2.40. The standard InChI is InChI=1S/C14H15Cl2N3/c1-2-6-19-14(12-9-17-7-8-18-12)10-4-3-5-11(15)13(10)16/h3-5,7-9,14,19H,2,6H2,1H3. The molecule has 0 aliphatic heterocycles. The van der Waals surface area contributed by atoms with Crippen molar-refractivity contribution in [3.8, 4) is 0 Å². The van der Waals surface area contributed by atoms with E-state index in [9.17, 15) is 0 Å². The summed E-state index contributed by atoms with van der Waals surface area (Å²) in [5.74, 6) is 0. The molecule has 0 fully saturated rings. The summed E-state index contributed by atoms with van der Waals surface area (Å²) in [5.41, 5.74) is 1.75. The van der Waals surface area contributed by atoms with Gasteiger partial charge in [-0.3, -0.25) is 9.97 Å². The molecular weight excluding hydrogens is 281 g/mol. The minimum Gasteiger partial charge on any atom is -0.305 e. The molecule has 19 heavy (non-hydrogen) atoms. The molecule has 2 rings (SSSR count). The Morgan fingerprint density at radius 2 is 2.11 bits per heavy atom. The maximum atomic E-state index is 6.30. The summed E-state index contributed by atoms with van der Waals surface area (Å²) in [6.45, 7) is 2.98. The van der Waals surface area contributed by atoms with Crippen molar-refractivity contribution in [2.75, 3.05) is 6.54 Å².